The molecule has 0 amide bonds. The van der Waals surface area contributed by atoms with E-state index in [-0.39, 0.29) is 17.9 Å². The summed E-state index contributed by atoms with van der Waals surface area (Å²) in [4.78, 5) is 11.4. The van der Waals surface area contributed by atoms with Crippen LogP contribution in [0.1, 0.15) is 18.6 Å². The molecule has 100 valence electrons. The molecule has 0 aliphatic rings. The molecule has 2 N–H and O–H groups in total. The van der Waals surface area contributed by atoms with Crippen molar-refractivity contribution in [1.82, 2.24) is 0 Å². The van der Waals surface area contributed by atoms with E-state index in [1.807, 2.05) is 0 Å². The number of aliphatic hydroxyl groups excluding tert-OH is 1. The van der Waals surface area contributed by atoms with Gasteiger partial charge in [0.05, 0.1) is 24.3 Å². The van der Waals surface area contributed by atoms with E-state index in [0.29, 0.717) is 0 Å². The van der Waals surface area contributed by atoms with Gasteiger partial charge in [-0.05, 0) is 6.92 Å². The Balaban J connectivity index is 3.33. The maximum Gasteiger partial charge on any atom is 0.339 e. The molecular formula is C11H12ClFO5. The molecule has 0 bridgehead atoms. The fraction of sp³-hybridized carbons (Fsp3) is 0.364. The highest BCUT2D eigenvalue weighted by molar-refractivity contribution is 6.32. The maximum absolute atomic E-state index is 13.4. The number of rotatable bonds is 4. The molecule has 1 atom stereocenters. The fourth-order valence-corrected chi connectivity index (χ4v) is 1.66. The normalized spacial score (nSPS) is 12.1. The van der Waals surface area contributed by atoms with Crippen molar-refractivity contribution in [3.63, 3.8) is 0 Å². The van der Waals surface area contributed by atoms with Crippen LogP contribution >= 0.6 is 11.6 Å². The molecule has 0 saturated heterocycles. The van der Waals surface area contributed by atoms with Crippen LogP contribution in [0.5, 0.6) is 11.5 Å². The van der Waals surface area contributed by atoms with E-state index < -0.39 is 28.7 Å². The first-order chi connectivity index (χ1) is 8.43. The molecule has 0 fully saturated rings. The topological polar surface area (TPSA) is 76.0 Å². The smallest absolute Gasteiger partial charge is 0.339 e. The molecule has 1 aromatic rings. The molecule has 0 aromatic heterocycles. The van der Waals surface area contributed by atoms with Crippen LogP contribution in [0.3, 0.4) is 0 Å². The van der Waals surface area contributed by atoms with Gasteiger partial charge in [0.1, 0.15) is 5.82 Å². The van der Waals surface area contributed by atoms with Crippen molar-refractivity contribution < 1.29 is 28.9 Å². The standard InChI is InChI=1S/C11H12ClFO5/c1-3-18-11(16)9(15)7-8(12)5(13)4-6(14)10(7)17-2/h4,9,14-15H,3H2,1-2H3. The van der Waals surface area contributed by atoms with Crippen LogP contribution in [0.25, 0.3) is 0 Å². The van der Waals surface area contributed by atoms with Gasteiger partial charge in [-0.1, -0.05) is 11.6 Å². The predicted molar refractivity (Wildman–Crippen MR) is 61.2 cm³/mol. The summed E-state index contributed by atoms with van der Waals surface area (Å²) in [5, 5.41) is 18.7. The lowest BCUT2D eigenvalue weighted by atomic mass is 10.1. The highest BCUT2D eigenvalue weighted by atomic mass is 35.5. The Bertz CT molecular complexity index is 463. The molecule has 0 heterocycles. The molecule has 0 aliphatic carbocycles. The average Bonchev–Trinajstić information content (AvgIpc) is 2.32. The molecule has 1 unspecified atom stereocenters. The summed E-state index contributed by atoms with van der Waals surface area (Å²) >= 11 is 5.65. The lowest BCUT2D eigenvalue weighted by molar-refractivity contribution is -0.153. The lowest BCUT2D eigenvalue weighted by Crippen LogP contribution is -2.17. The Hall–Kier alpha value is -1.53. The van der Waals surface area contributed by atoms with Gasteiger partial charge in [0.2, 0.25) is 0 Å². The molecule has 0 radical (unpaired) electrons. The minimum atomic E-state index is -1.84. The number of carbonyl (C=O) groups is 1. The second kappa shape index (κ2) is 5.88. The first-order valence-corrected chi connectivity index (χ1v) is 5.41. The summed E-state index contributed by atoms with van der Waals surface area (Å²) in [6.07, 6.45) is -1.84. The molecule has 5 nitrogen and oxygen atoms in total. The Morgan fingerprint density at radius 1 is 1.61 bits per heavy atom. The van der Waals surface area contributed by atoms with Crippen molar-refractivity contribution in [2.24, 2.45) is 0 Å². The number of hydrogen-bond acceptors (Lipinski definition) is 5. The van der Waals surface area contributed by atoms with Crippen molar-refractivity contribution in [3.8, 4) is 11.5 Å². The fourth-order valence-electron chi connectivity index (χ4n) is 1.41. The number of ether oxygens (including phenoxy) is 2. The van der Waals surface area contributed by atoms with Crippen molar-refractivity contribution in [1.29, 1.82) is 0 Å². The van der Waals surface area contributed by atoms with E-state index in [0.717, 1.165) is 6.07 Å². The van der Waals surface area contributed by atoms with Gasteiger partial charge in [-0.3, -0.25) is 0 Å². The number of hydrogen-bond donors (Lipinski definition) is 2. The van der Waals surface area contributed by atoms with Crippen LogP contribution < -0.4 is 4.74 Å². The molecule has 18 heavy (non-hydrogen) atoms. The Labute approximate surface area is 108 Å². The summed E-state index contributed by atoms with van der Waals surface area (Å²) in [5.41, 5.74) is -0.366. The van der Waals surface area contributed by atoms with Crippen LogP contribution in [0.4, 0.5) is 4.39 Å². The zero-order valence-corrected chi connectivity index (χ0v) is 10.5. The summed E-state index contributed by atoms with van der Waals surface area (Å²) < 4.78 is 22.7. The van der Waals surface area contributed by atoms with Crippen LogP contribution in [-0.4, -0.2) is 29.9 Å². The first-order valence-electron chi connectivity index (χ1n) is 5.03. The SMILES string of the molecule is CCOC(=O)C(O)c1c(Cl)c(F)cc(O)c1OC. The van der Waals surface area contributed by atoms with Crippen molar-refractivity contribution in [2.75, 3.05) is 13.7 Å². The predicted octanol–water partition coefficient (Wildman–Crippen LogP) is 1.79. The number of aliphatic hydroxyl groups is 1. The highest BCUT2D eigenvalue weighted by Gasteiger charge is 2.29. The van der Waals surface area contributed by atoms with Gasteiger partial charge in [0.25, 0.3) is 0 Å². The van der Waals surface area contributed by atoms with E-state index in [9.17, 15) is 19.4 Å². The lowest BCUT2D eigenvalue weighted by Gasteiger charge is -2.16. The zero-order chi connectivity index (χ0) is 13.9. The third kappa shape index (κ3) is 2.65. The van der Waals surface area contributed by atoms with Crippen LogP contribution in [0.15, 0.2) is 6.07 Å². The minimum Gasteiger partial charge on any atom is -0.504 e. The third-order valence-corrected chi connectivity index (χ3v) is 2.56. The maximum atomic E-state index is 13.4. The second-order valence-corrected chi connectivity index (χ2v) is 3.67. The molecular weight excluding hydrogens is 267 g/mol. The Morgan fingerprint density at radius 3 is 2.72 bits per heavy atom. The number of phenolic OH excluding ortho intramolecular Hbond substituents is 1. The van der Waals surface area contributed by atoms with E-state index in [4.69, 9.17) is 16.3 Å². The number of carbonyl (C=O) groups excluding carboxylic acids is 1. The van der Waals surface area contributed by atoms with Crippen LogP contribution in [0, 0.1) is 5.82 Å². The average molecular weight is 279 g/mol. The third-order valence-electron chi connectivity index (χ3n) is 2.17. The molecule has 1 rings (SSSR count). The monoisotopic (exact) mass is 278 g/mol. The van der Waals surface area contributed by atoms with Crippen LogP contribution in [0.2, 0.25) is 5.02 Å². The number of halogens is 2. The van der Waals surface area contributed by atoms with Gasteiger partial charge >= 0.3 is 5.97 Å². The molecule has 7 heteroatoms. The van der Waals surface area contributed by atoms with E-state index in [1.54, 1.807) is 6.92 Å². The Morgan fingerprint density at radius 2 is 2.22 bits per heavy atom. The van der Waals surface area contributed by atoms with Crippen molar-refractivity contribution in [3.05, 3.63) is 22.5 Å². The van der Waals surface area contributed by atoms with Gasteiger partial charge in [-0.25, -0.2) is 9.18 Å². The molecule has 0 saturated carbocycles. The van der Waals surface area contributed by atoms with Gasteiger partial charge in [-0.15, -0.1) is 0 Å². The summed E-state index contributed by atoms with van der Waals surface area (Å²) in [6.45, 7) is 1.59. The van der Waals surface area contributed by atoms with Crippen LogP contribution in [-0.2, 0) is 9.53 Å². The Kier molecular flexibility index (Phi) is 4.75. The molecule has 1 aromatic carbocycles. The number of methoxy groups -OCH3 is 1. The number of phenols is 1. The van der Waals surface area contributed by atoms with Gasteiger partial charge in [0.15, 0.2) is 17.6 Å². The summed E-state index contributed by atoms with van der Waals surface area (Å²) in [7, 11) is 1.19. The van der Waals surface area contributed by atoms with Gasteiger partial charge in [0, 0.05) is 6.07 Å². The zero-order valence-electron chi connectivity index (χ0n) is 9.74. The largest absolute Gasteiger partial charge is 0.504 e. The van der Waals surface area contributed by atoms with Gasteiger partial charge in [-0.2, -0.15) is 0 Å². The summed E-state index contributed by atoms with van der Waals surface area (Å²) in [6, 6.07) is 0.725. The number of benzene rings is 1. The van der Waals surface area contributed by atoms with E-state index in [2.05, 4.69) is 4.74 Å². The minimum absolute atomic E-state index is 0.0388. The highest BCUT2D eigenvalue weighted by Crippen LogP contribution is 2.41. The van der Waals surface area contributed by atoms with Gasteiger partial charge < -0.3 is 19.7 Å². The molecule has 0 spiro atoms. The number of aromatic hydroxyl groups is 1. The van der Waals surface area contributed by atoms with Crippen molar-refractivity contribution in [2.45, 2.75) is 13.0 Å². The first kappa shape index (κ1) is 14.5. The van der Waals surface area contributed by atoms with E-state index >= 15 is 0 Å². The summed E-state index contributed by atoms with van der Waals surface area (Å²) in [5.74, 6) is -2.84. The van der Waals surface area contributed by atoms with Crippen molar-refractivity contribution >= 4 is 17.6 Å². The molecule has 0 aliphatic heterocycles. The quantitative estimate of drug-likeness (QED) is 0.821. The second-order valence-electron chi connectivity index (χ2n) is 3.29. The number of esters is 1. The van der Waals surface area contributed by atoms with E-state index in [1.165, 1.54) is 7.11 Å².